The second kappa shape index (κ2) is 8.57. The summed E-state index contributed by atoms with van der Waals surface area (Å²) in [6.45, 7) is 5.27. The Kier molecular flexibility index (Phi) is 6.74. The molecule has 2 aromatic rings. The summed E-state index contributed by atoms with van der Waals surface area (Å²) in [7, 11) is 0. The summed E-state index contributed by atoms with van der Waals surface area (Å²) in [4.78, 5) is 5.81. The lowest BCUT2D eigenvalue weighted by atomic mass is 10.0. The number of aromatic nitrogens is 1. The van der Waals surface area contributed by atoms with E-state index in [0.29, 0.717) is 6.04 Å². The van der Waals surface area contributed by atoms with Crippen LogP contribution in [0.15, 0.2) is 52.0 Å². The molecule has 0 radical (unpaired) electrons. The first-order valence-corrected chi connectivity index (χ1v) is 9.07. The highest BCUT2D eigenvalue weighted by Gasteiger charge is 2.12. The Bertz CT molecular complexity index is 540. The molecule has 1 aromatic carbocycles. The van der Waals surface area contributed by atoms with Gasteiger partial charge in [0.15, 0.2) is 0 Å². The van der Waals surface area contributed by atoms with Crippen LogP contribution in [0.2, 0.25) is 0 Å². The van der Waals surface area contributed by atoms with E-state index in [2.05, 4.69) is 70.4 Å². The molecular weight excluding hydrogens is 344 g/mol. The molecule has 1 aromatic heterocycles. The first kappa shape index (κ1) is 16.5. The number of halogens is 1. The van der Waals surface area contributed by atoms with Crippen molar-refractivity contribution < 1.29 is 0 Å². The Hall–Kier alpha value is -0.840. The maximum Gasteiger partial charge on any atom is 0.0423 e. The van der Waals surface area contributed by atoms with Crippen molar-refractivity contribution in [3.05, 3.63) is 58.3 Å². The van der Waals surface area contributed by atoms with Crippen LogP contribution in [-0.2, 0) is 6.42 Å². The molecule has 0 amide bonds. The molecule has 21 heavy (non-hydrogen) atoms. The number of nitrogens with zero attached hydrogens (tertiary/aromatic N) is 1. The van der Waals surface area contributed by atoms with Crippen LogP contribution in [0, 0.1) is 0 Å². The van der Waals surface area contributed by atoms with Gasteiger partial charge < -0.3 is 5.32 Å². The Morgan fingerprint density at radius 3 is 2.48 bits per heavy atom. The molecule has 1 heterocycles. The minimum atomic E-state index is 0.310. The number of pyridine rings is 1. The molecule has 1 unspecified atom stereocenters. The van der Waals surface area contributed by atoms with Crippen molar-refractivity contribution >= 4 is 27.7 Å². The van der Waals surface area contributed by atoms with E-state index < -0.39 is 0 Å². The van der Waals surface area contributed by atoms with Gasteiger partial charge in [-0.1, -0.05) is 26.0 Å². The molecular formula is C17H21BrN2S. The van der Waals surface area contributed by atoms with Crippen LogP contribution < -0.4 is 5.32 Å². The van der Waals surface area contributed by atoms with Crippen molar-refractivity contribution in [1.82, 2.24) is 10.3 Å². The van der Waals surface area contributed by atoms with Crippen LogP contribution in [0.5, 0.6) is 0 Å². The fourth-order valence-electron chi connectivity index (χ4n) is 2.25. The van der Waals surface area contributed by atoms with Gasteiger partial charge in [0.25, 0.3) is 0 Å². The van der Waals surface area contributed by atoms with E-state index in [1.54, 1.807) is 0 Å². The fraction of sp³-hybridized carbons (Fsp3) is 0.353. The van der Waals surface area contributed by atoms with Crippen molar-refractivity contribution in [1.29, 1.82) is 0 Å². The van der Waals surface area contributed by atoms with Gasteiger partial charge in [-0.2, -0.15) is 0 Å². The molecule has 2 rings (SSSR count). The van der Waals surface area contributed by atoms with Gasteiger partial charge in [-0.05, 0) is 58.1 Å². The van der Waals surface area contributed by atoms with E-state index in [1.807, 2.05) is 24.0 Å². The van der Waals surface area contributed by atoms with E-state index in [1.165, 1.54) is 10.5 Å². The molecule has 4 heteroatoms. The summed E-state index contributed by atoms with van der Waals surface area (Å²) in [5, 5.41) is 3.55. The predicted molar refractivity (Wildman–Crippen MR) is 94.9 cm³/mol. The van der Waals surface area contributed by atoms with Crippen molar-refractivity contribution in [2.24, 2.45) is 0 Å². The third-order valence-corrected chi connectivity index (χ3v) is 4.61. The number of benzene rings is 1. The SMILES string of the molecule is CCNC(Cc1ccc(Br)cn1)c1ccc(SCC)cc1. The molecule has 0 aliphatic carbocycles. The highest BCUT2D eigenvalue weighted by molar-refractivity contribution is 9.10. The predicted octanol–water partition coefficient (Wildman–Crippen LogP) is 4.85. The summed E-state index contributed by atoms with van der Waals surface area (Å²) < 4.78 is 1.02. The topological polar surface area (TPSA) is 24.9 Å². The minimum absolute atomic E-state index is 0.310. The zero-order valence-corrected chi connectivity index (χ0v) is 14.9. The Balaban J connectivity index is 2.12. The number of nitrogens with one attached hydrogen (secondary N) is 1. The van der Waals surface area contributed by atoms with Crippen molar-refractivity contribution in [2.75, 3.05) is 12.3 Å². The summed E-state index contributed by atoms with van der Waals surface area (Å²) in [6, 6.07) is 13.3. The van der Waals surface area contributed by atoms with Gasteiger partial charge in [0, 0.05) is 33.7 Å². The molecule has 0 spiro atoms. The van der Waals surface area contributed by atoms with Gasteiger partial charge in [0.1, 0.15) is 0 Å². The summed E-state index contributed by atoms with van der Waals surface area (Å²) in [6.07, 6.45) is 2.76. The molecule has 0 saturated heterocycles. The number of rotatable bonds is 7. The molecule has 2 nitrogen and oxygen atoms in total. The number of likely N-dealkylation sites (N-methyl/N-ethyl adjacent to an activating group) is 1. The Morgan fingerprint density at radius 1 is 1.14 bits per heavy atom. The lowest BCUT2D eigenvalue weighted by Crippen LogP contribution is -2.23. The van der Waals surface area contributed by atoms with Gasteiger partial charge in [-0.3, -0.25) is 4.98 Å². The molecule has 0 bridgehead atoms. The van der Waals surface area contributed by atoms with Crippen LogP contribution in [0.4, 0.5) is 0 Å². The quantitative estimate of drug-likeness (QED) is 0.710. The first-order chi connectivity index (χ1) is 10.2. The molecule has 0 saturated carbocycles. The van der Waals surface area contributed by atoms with Gasteiger partial charge in [0.2, 0.25) is 0 Å². The highest BCUT2D eigenvalue weighted by atomic mass is 79.9. The summed E-state index contributed by atoms with van der Waals surface area (Å²) in [5.74, 6) is 1.11. The third-order valence-electron chi connectivity index (χ3n) is 3.25. The van der Waals surface area contributed by atoms with Crippen LogP contribution in [0.25, 0.3) is 0 Å². The normalized spacial score (nSPS) is 12.3. The summed E-state index contributed by atoms with van der Waals surface area (Å²) >= 11 is 5.31. The van der Waals surface area contributed by atoms with Crippen molar-refractivity contribution in [3.63, 3.8) is 0 Å². The molecule has 0 aliphatic rings. The maximum absolute atomic E-state index is 4.48. The number of thioether (sulfide) groups is 1. The average Bonchev–Trinajstić information content (AvgIpc) is 2.50. The second-order valence-corrected chi connectivity index (χ2v) is 7.04. The number of hydrogen-bond donors (Lipinski definition) is 1. The zero-order valence-electron chi connectivity index (χ0n) is 12.5. The van der Waals surface area contributed by atoms with Crippen LogP contribution in [-0.4, -0.2) is 17.3 Å². The molecule has 1 atom stereocenters. The average molecular weight is 365 g/mol. The van der Waals surface area contributed by atoms with Crippen LogP contribution in [0.3, 0.4) is 0 Å². The van der Waals surface area contributed by atoms with Crippen LogP contribution >= 0.6 is 27.7 Å². The molecule has 0 aliphatic heterocycles. The Morgan fingerprint density at radius 2 is 1.90 bits per heavy atom. The molecule has 1 N–H and O–H groups in total. The van der Waals surface area contributed by atoms with E-state index >= 15 is 0 Å². The zero-order chi connectivity index (χ0) is 15.1. The maximum atomic E-state index is 4.48. The first-order valence-electron chi connectivity index (χ1n) is 7.29. The second-order valence-electron chi connectivity index (χ2n) is 4.78. The van der Waals surface area contributed by atoms with E-state index in [-0.39, 0.29) is 0 Å². The lowest BCUT2D eigenvalue weighted by Gasteiger charge is -2.18. The summed E-state index contributed by atoms with van der Waals surface area (Å²) in [5.41, 5.74) is 2.43. The molecule has 0 fully saturated rings. The Labute approximate surface area is 139 Å². The van der Waals surface area contributed by atoms with Gasteiger partial charge >= 0.3 is 0 Å². The smallest absolute Gasteiger partial charge is 0.0423 e. The fourth-order valence-corrected chi connectivity index (χ4v) is 3.15. The van der Waals surface area contributed by atoms with Crippen molar-refractivity contribution in [3.8, 4) is 0 Å². The van der Waals surface area contributed by atoms with Crippen molar-refractivity contribution in [2.45, 2.75) is 31.2 Å². The monoisotopic (exact) mass is 364 g/mol. The minimum Gasteiger partial charge on any atom is -0.310 e. The van der Waals surface area contributed by atoms with E-state index in [4.69, 9.17) is 0 Å². The van der Waals surface area contributed by atoms with Gasteiger partial charge in [-0.15, -0.1) is 11.8 Å². The van der Waals surface area contributed by atoms with Crippen LogP contribution in [0.1, 0.15) is 31.1 Å². The molecule has 112 valence electrons. The largest absolute Gasteiger partial charge is 0.310 e. The highest BCUT2D eigenvalue weighted by Crippen LogP contribution is 2.23. The van der Waals surface area contributed by atoms with Gasteiger partial charge in [0.05, 0.1) is 0 Å². The standard InChI is InChI=1S/C17H21BrN2S/c1-3-19-17(11-15-8-7-14(18)12-20-15)13-5-9-16(10-6-13)21-4-2/h5-10,12,17,19H,3-4,11H2,1-2H3. The van der Waals surface area contributed by atoms with E-state index in [9.17, 15) is 0 Å². The third kappa shape index (κ3) is 5.13. The van der Waals surface area contributed by atoms with Gasteiger partial charge in [-0.25, -0.2) is 0 Å². The van der Waals surface area contributed by atoms with E-state index in [0.717, 1.165) is 28.9 Å². The lowest BCUT2D eigenvalue weighted by molar-refractivity contribution is 0.544. The number of hydrogen-bond acceptors (Lipinski definition) is 3.